The summed E-state index contributed by atoms with van der Waals surface area (Å²) in [5.41, 5.74) is 2.51. The fourth-order valence-corrected chi connectivity index (χ4v) is 5.83. The molecule has 2 atom stereocenters. The number of hydrogen-bond donors (Lipinski definition) is 2. The number of rotatable bonds is 6. The van der Waals surface area contributed by atoms with Gasteiger partial charge in [0.1, 0.15) is 5.69 Å². The molecule has 1 saturated carbocycles. The van der Waals surface area contributed by atoms with Crippen molar-refractivity contribution < 1.29 is 18.7 Å². The van der Waals surface area contributed by atoms with Gasteiger partial charge in [0.05, 0.1) is 43.0 Å². The van der Waals surface area contributed by atoms with Crippen molar-refractivity contribution in [3.8, 4) is 17.1 Å². The predicted octanol–water partition coefficient (Wildman–Crippen LogP) is 2.52. The summed E-state index contributed by atoms with van der Waals surface area (Å²) in [7, 11) is 3.54. The van der Waals surface area contributed by atoms with Gasteiger partial charge in [-0.15, -0.1) is 0 Å². The van der Waals surface area contributed by atoms with Gasteiger partial charge in [0.15, 0.2) is 5.82 Å². The number of hydrogen-bond acceptors (Lipinski definition) is 7. The first-order valence-corrected chi connectivity index (χ1v) is 13.4. The number of piperidine rings is 1. The summed E-state index contributed by atoms with van der Waals surface area (Å²) < 4.78 is 21.5. The third-order valence-electron chi connectivity index (χ3n) is 8.28. The summed E-state index contributed by atoms with van der Waals surface area (Å²) in [5, 5.41) is 14.8. The van der Waals surface area contributed by atoms with Crippen LogP contribution in [0.5, 0.6) is 5.88 Å². The fraction of sp³-hybridized carbons (Fsp3) is 0.519. The van der Waals surface area contributed by atoms with Crippen molar-refractivity contribution in [2.24, 2.45) is 5.92 Å². The van der Waals surface area contributed by atoms with Crippen LogP contribution in [-0.4, -0.2) is 79.4 Å². The minimum atomic E-state index is -0.552. The topological polar surface area (TPSA) is 121 Å². The zero-order valence-electron chi connectivity index (χ0n) is 22.4. The minimum absolute atomic E-state index is 0.00917. The summed E-state index contributed by atoms with van der Waals surface area (Å²) in [5.74, 6) is -0.639. The number of nitrogens with zero attached hydrogens (tertiary/aromatic N) is 6. The maximum absolute atomic E-state index is 14.4. The molecule has 0 radical (unpaired) electrons. The monoisotopic (exact) mass is 536 g/mol. The number of likely N-dealkylation sites (N-methyl/N-ethyl adjacent to an activating group) is 1. The molecule has 12 heteroatoms. The summed E-state index contributed by atoms with van der Waals surface area (Å²) in [6.07, 6.45) is 3.99. The highest BCUT2D eigenvalue weighted by molar-refractivity contribution is 5.94. The molecule has 2 aliphatic heterocycles. The van der Waals surface area contributed by atoms with Crippen molar-refractivity contribution in [1.82, 2.24) is 40.1 Å². The molecule has 2 fully saturated rings. The number of pyridine rings is 1. The fourth-order valence-electron chi connectivity index (χ4n) is 5.83. The van der Waals surface area contributed by atoms with E-state index in [-0.39, 0.29) is 46.5 Å². The van der Waals surface area contributed by atoms with Gasteiger partial charge < -0.3 is 15.0 Å². The standard InChI is InChI=1S/C27H33FN8O3/c1-16(21-10-18-15-34(2)8-9-36(18)33-21)30-25(37)17-4-7-35(27(13-17)5-6-27)26(38)23-12-22(31-32-23)19-11-24(39-3)29-14-20(19)28/h10-12,14,16-17H,4-9,13,15H2,1-3H3,(H,30,37)(H,31,32)/t16-,17-/m0/s1. The predicted molar refractivity (Wildman–Crippen MR) is 139 cm³/mol. The molecule has 1 aliphatic carbocycles. The van der Waals surface area contributed by atoms with Crippen LogP contribution in [0.15, 0.2) is 24.4 Å². The Hall–Kier alpha value is -3.80. The third kappa shape index (κ3) is 4.77. The lowest BCUT2D eigenvalue weighted by molar-refractivity contribution is -0.128. The van der Waals surface area contributed by atoms with Gasteiger partial charge >= 0.3 is 0 Å². The van der Waals surface area contributed by atoms with Crippen molar-refractivity contribution in [1.29, 1.82) is 0 Å². The van der Waals surface area contributed by atoms with Gasteiger partial charge in [0.25, 0.3) is 5.91 Å². The highest BCUT2D eigenvalue weighted by atomic mass is 19.1. The number of nitrogens with one attached hydrogen (secondary N) is 2. The van der Waals surface area contributed by atoms with E-state index in [1.807, 2.05) is 16.5 Å². The molecule has 2 amide bonds. The Labute approximate surface area is 225 Å². The molecule has 5 heterocycles. The second-order valence-electron chi connectivity index (χ2n) is 11.0. The summed E-state index contributed by atoms with van der Waals surface area (Å²) >= 11 is 0. The first-order valence-electron chi connectivity index (χ1n) is 13.4. The molecule has 3 aromatic heterocycles. The van der Waals surface area contributed by atoms with Crippen molar-refractivity contribution in [2.45, 2.75) is 57.3 Å². The molecule has 2 N–H and O–H groups in total. The number of fused-ring (bicyclic) bond motifs is 1. The normalized spacial score (nSPS) is 20.9. The number of carbonyl (C=O) groups is 2. The Morgan fingerprint density at radius 2 is 2.05 bits per heavy atom. The number of amides is 2. The number of aromatic nitrogens is 5. The van der Waals surface area contributed by atoms with Gasteiger partial charge in [0, 0.05) is 42.7 Å². The first-order chi connectivity index (χ1) is 18.8. The number of aromatic amines is 1. The highest BCUT2D eigenvalue weighted by Gasteiger charge is 2.54. The van der Waals surface area contributed by atoms with Crippen LogP contribution >= 0.6 is 0 Å². The van der Waals surface area contributed by atoms with E-state index >= 15 is 0 Å². The summed E-state index contributed by atoms with van der Waals surface area (Å²) in [4.78, 5) is 34.7. The Kier molecular flexibility index (Phi) is 6.37. The van der Waals surface area contributed by atoms with Gasteiger partial charge in [0.2, 0.25) is 11.8 Å². The molecule has 39 heavy (non-hydrogen) atoms. The summed E-state index contributed by atoms with van der Waals surface area (Å²) in [6, 6.07) is 4.90. The molecule has 0 bridgehead atoms. The SMILES string of the molecule is COc1cc(-c2cc(C(=O)N3CC[C@H](C(=O)N[C@@H](C)c4cc5n(n4)CCN(C)C5)CC34CC4)[nH]n2)c(F)cn1. The second kappa shape index (κ2) is 9.74. The van der Waals surface area contributed by atoms with E-state index in [1.165, 1.54) is 13.2 Å². The zero-order valence-corrected chi connectivity index (χ0v) is 22.4. The zero-order chi connectivity index (χ0) is 27.3. The van der Waals surface area contributed by atoms with Gasteiger partial charge in [-0.1, -0.05) is 0 Å². The lowest BCUT2D eigenvalue weighted by atomic mass is 9.87. The quantitative estimate of drug-likeness (QED) is 0.497. The maximum atomic E-state index is 14.4. The molecule has 206 valence electrons. The smallest absolute Gasteiger partial charge is 0.272 e. The van der Waals surface area contributed by atoms with Crippen LogP contribution in [0, 0.1) is 11.7 Å². The van der Waals surface area contributed by atoms with Crippen molar-refractivity contribution >= 4 is 11.8 Å². The summed E-state index contributed by atoms with van der Waals surface area (Å²) in [6.45, 7) is 5.11. The van der Waals surface area contributed by atoms with Gasteiger partial charge in [-0.25, -0.2) is 9.37 Å². The largest absolute Gasteiger partial charge is 0.481 e. The molecule has 3 aliphatic rings. The van der Waals surface area contributed by atoms with Crippen LogP contribution in [-0.2, 0) is 17.9 Å². The van der Waals surface area contributed by atoms with Gasteiger partial charge in [-0.3, -0.25) is 24.3 Å². The average molecular weight is 537 g/mol. The average Bonchev–Trinajstić information content (AvgIpc) is 3.33. The molecule has 1 spiro atoms. The van der Waals surface area contributed by atoms with Gasteiger partial charge in [-0.2, -0.15) is 10.2 Å². The van der Waals surface area contributed by atoms with Crippen LogP contribution in [0.2, 0.25) is 0 Å². The number of likely N-dealkylation sites (tertiary alicyclic amines) is 1. The van der Waals surface area contributed by atoms with Crippen molar-refractivity contribution in [3.63, 3.8) is 0 Å². The highest BCUT2D eigenvalue weighted by Crippen LogP contribution is 2.50. The van der Waals surface area contributed by atoms with Gasteiger partial charge in [-0.05, 0) is 51.8 Å². The Morgan fingerprint density at radius 1 is 1.23 bits per heavy atom. The van der Waals surface area contributed by atoms with Crippen LogP contribution in [0.1, 0.15) is 60.5 Å². The lowest BCUT2D eigenvalue weighted by Crippen LogP contribution is -2.51. The molecular formula is C27H33FN8O3. The van der Waals surface area contributed by atoms with Crippen LogP contribution in [0.25, 0.3) is 11.3 Å². The Bertz CT molecular complexity index is 1410. The van der Waals surface area contributed by atoms with E-state index in [2.05, 4.69) is 38.5 Å². The lowest BCUT2D eigenvalue weighted by Gasteiger charge is -2.39. The van der Waals surface area contributed by atoms with E-state index in [4.69, 9.17) is 9.84 Å². The van der Waals surface area contributed by atoms with Crippen molar-refractivity contribution in [2.75, 3.05) is 27.2 Å². The number of H-pyrrole nitrogens is 1. The van der Waals surface area contributed by atoms with E-state index in [0.717, 1.165) is 50.1 Å². The molecule has 11 nitrogen and oxygen atoms in total. The molecule has 1 saturated heterocycles. The number of ether oxygens (including phenoxy) is 1. The van der Waals surface area contributed by atoms with Crippen molar-refractivity contribution in [3.05, 3.63) is 47.3 Å². The number of carbonyl (C=O) groups excluding carboxylic acids is 2. The Morgan fingerprint density at radius 3 is 2.82 bits per heavy atom. The molecule has 6 rings (SSSR count). The Balaban J connectivity index is 1.11. The molecule has 3 aromatic rings. The number of halogens is 1. The first kappa shape index (κ1) is 25.5. The maximum Gasteiger partial charge on any atom is 0.272 e. The molecular weight excluding hydrogens is 503 g/mol. The third-order valence-corrected chi connectivity index (χ3v) is 8.28. The molecule has 0 unspecified atom stereocenters. The van der Waals surface area contributed by atoms with E-state index in [1.54, 1.807) is 6.07 Å². The second-order valence-corrected chi connectivity index (χ2v) is 11.0. The van der Waals surface area contributed by atoms with E-state index in [9.17, 15) is 14.0 Å². The minimum Gasteiger partial charge on any atom is -0.481 e. The van der Waals surface area contributed by atoms with E-state index < -0.39 is 5.82 Å². The number of methoxy groups -OCH3 is 1. The van der Waals surface area contributed by atoms with Crippen LogP contribution in [0.3, 0.4) is 0 Å². The van der Waals surface area contributed by atoms with Crippen LogP contribution < -0.4 is 10.1 Å². The van der Waals surface area contributed by atoms with Crippen LogP contribution in [0.4, 0.5) is 4.39 Å². The molecule has 0 aromatic carbocycles. The van der Waals surface area contributed by atoms with E-state index in [0.29, 0.717) is 25.1 Å².